The Hall–Kier alpha value is -0.0800. The van der Waals surface area contributed by atoms with Gasteiger partial charge in [-0.2, -0.15) is 0 Å². The van der Waals surface area contributed by atoms with Gasteiger partial charge < -0.3 is 19.7 Å². The molecule has 0 radical (unpaired) electrons. The van der Waals surface area contributed by atoms with E-state index < -0.39 is 0 Å². The van der Waals surface area contributed by atoms with Crippen molar-refractivity contribution in [2.24, 2.45) is 22.2 Å². The molecular weight excluding hydrogens is 417 g/mol. The fourth-order valence-corrected chi connectivity index (χ4v) is 5.31. The normalized spacial score (nSPS) is 45.6. The predicted molar refractivity (Wildman–Crippen MR) is 106 cm³/mol. The van der Waals surface area contributed by atoms with Crippen LogP contribution in [0.5, 0.6) is 0 Å². The van der Waals surface area contributed by atoms with Crippen molar-refractivity contribution in [3.8, 4) is 0 Å². The molecule has 1 aliphatic carbocycles. The average Bonchev–Trinajstić information content (AvgIpc) is 3.22. The zero-order valence-corrected chi connectivity index (χ0v) is 17.9. The lowest BCUT2D eigenvalue weighted by Gasteiger charge is -2.59. The number of hydrogen-bond acceptors (Lipinski definition) is 3. The molecule has 0 spiro atoms. The summed E-state index contributed by atoms with van der Waals surface area (Å²) in [5.41, 5.74) is 0.0629. The number of fused-ring (bicyclic) bond motifs is 5. The number of likely N-dealkylation sites (tertiary alicyclic amines) is 1. The van der Waals surface area contributed by atoms with Crippen LogP contribution in [0.2, 0.25) is 0 Å². The van der Waals surface area contributed by atoms with Gasteiger partial charge >= 0.3 is 0 Å². The molecule has 0 aromatic heterocycles. The number of rotatable bonds is 2. The summed E-state index contributed by atoms with van der Waals surface area (Å²) in [6, 6.07) is 0.416. The van der Waals surface area contributed by atoms with Crippen LogP contribution in [0.4, 0.5) is 0 Å². The van der Waals surface area contributed by atoms with Crippen LogP contribution >= 0.6 is 24.0 Å². The quantitative estimate of drug-likeness (QED) is 0.400. The molecule has 5 nitrogen and oxygen atoms in total. The monoisotopic (exact) mass is 449 g/mol. The second-order valence-corrected chi connectivity index (χ2v) is 8.63. The Bertz CT molecular complexity index is 508. The fourth-order valence-electron chi connectivity index (χ4n) is 5.31. The van der Waals surface area contributed by atoms with Crippen LogP contribution < -0.4 is 5.32 Å². The molecule has 0 aromatic carbocycles. The van der Waals surface area contributed by atoms with E-state index in [-0.39, 0.29) is 35.0 Å². The third-order valence-corrected chi connectivity index (χ3v) is 7.55. The Morgan fingerprint density at radius 1 is 1.17 bits per heavy atom. The van der Waals surface area contributed by atoms with E-state index in [1.807, 2.05) is 14.2 Å². The van der Waals surface area contributed by atoms with E-state index in [4.69, 9.17) is 9.47 Å². The molecule has 0 amide bonds. The minimum absolute atomic E-state index is 0. The highest BCUT2D eigenvalue weighted by atomic mass is 127. The molecule has 1 saturated carbocycles. The van der Waals surface area contributed by atoms with Crippen LogP contribution in [0, 0.1) is 17.3 Å². The van der Waals surface area contributed by atoms with Crippen LogP contribution in [-0.4, -0.2) is 62.0 Å². The Morgan fingerprint density at radius 2 is 1.75 bits per heavy atom. The molecule has 6 unspecified atom stereocenters. The number of nitrogens with zero attached hydrogens (tertiary/aromatic N) is 2. The summed E-state index contributed by atoms with van der Waals surface area (Å²) in [5, 5.41) is 3.72. The van der Waals surface area contributed by atoms with E-state index in [9.17, 15) is 0 Å². The maximum Gasteiger partial charge on any atom is 0.193 e. The molecule has 24 heavy (non-hydrogen) atoms. The van der Waals surface area contributed by atoms with Gasteiger partial charge in [-0.1, -0.05) is 13.8 Å². The van der Waals surface area contributed by atoms with Crippen molar-refractivity contribution in [2.45, 2.75) is 63.9 Å². The number of nitrogens with one attached hydrogen (secondary N) is 1. The van der Waals surface area contributed by atoms with Gasteiger partial charge in [0.25, 0.3) is 0 Å². The first kappa shape index (κ1) is 18.7. The molecule has 4 rings (SSSR count). The highest BCUT2D eigenvalue weighted by Gasteiger charge is 2.59. The van der Waals surface area contributed by atoms with Crippen molar-refractivity contribution < 1.29 is 9.47 Å². The SMILES string of the molecule is CN=C(NC1CC(C)(OC)C1(C)C)N1CC2C3CCC(O3)C2C1.I. The number of aliphatic imine (C=N–C) groups is 1. The van der Waals surface area contributed by atoms with Crippen LogP contribution in [0.25, 0.3) is 0 Å². The molecule has 1 N–H and O–H groups in total. The third-order valence-electron chi connectivity index (χ3n) is 7.55. The van der Waals surface area contributed by atoms with Gasteiger partial charge in [-0.25, -0.2) is 0 Å². The van der Waals surface area contributed by atoms with Crippen LogP contribution in [0.15, 0.2) is 4.99 Å². The Labute approximate surface area is 162 Å². The number of halogens is 1. The highest BCUT2D eigenvalue weighted by molar-refractivity contribution is 14.0. The fraction of sp³-hybridized carbons (Fsp3) is 0.944. The van der Waals surface area contributed by atoms with Gasteiger partial charge in [-0.05, 0) is 26.2 Å². The van der Waals surface area contributed by atoms with Crippen LogP contribution in [-0.2, 0) is 9.47 Å². The van der Waals surface area contributed by atoms with Crippen molar-refractivity contribution in [2.75, 3.05) is 27.2 Å². The highest BCUT2D eigenvalue weighted by Crippen LogP contribution is 2.52. The summed E-state index contributed by atoms with van der Waals surface area (Å²) < 4.78 is 11.8. The van der Waals surface area contributed by atoms with Crippen molar-refractivity contribution in [3.05, 3.63) is 0 Å². The molecule has 6 heteroatoms. The van der Waals surface area contributed by atoms with Crippen molar-refractivity contribution in [1.29, 1.82) is 0 Å². The van der Waals surface area contributed by atoms with Crippen LogP contribution in [0.3, 0.4) is 0 Å². The summed E-state index contributed by atoms with van der Waals surface area (Å²) in [7, 11) is 3.73. The summed E-state index contributed by atoms with van der Waals surface area (Å²) in [4.78, 5) is 7.04. The Kier molecular flexibility index (Phi) is 4.88. The van der Waals surface area contributed by atoms with Crippen molar-refractivity contribution in [3.63, 3.8) is 0 Å². The summed E-state index contributed by atoms with van der Waals surface area (Å²) in [5.74, 6) is 2.49. The van der Waals surface area contributed by atoms with E-state index in [1.54, 1.807) is 0 Å². The molecule has 3 heterocycles. The zero-order chi connectivity index (χ0) is 16.4. The standard InChI is InChI=1S/C18H31N3O2.HI/c1-17(2)15(8-18(17,3)22-5)20-16(19-4)21-9-11-12(10-21)14-7-6-13(11)23-14;/h11-15H,6-10H2,1-5H3,(H,19,20);1H. The number of methoxy groups -OCH3 is 1. The molecule has 138 valence electrons. The number of hydrogen-bond donors (Lipinski definition) is 1. The third kappa shape index (κ3) is 2.50. The number of ether oxygens (including phenoxy) is 2. The van der Waals surface area contributed by atoms with E-state index in [2.05, 4.69) is 36.0 Å². The van der Waals surface area contributed by atoms with Gasteiger partial charge in [0, 0.05) is 50.5 Å². The lowest BCUT2D eigenvalue weighted by atomic mass is 9.56. The minimum atomic E-state index is -0.0437. The topological polar surface area (TPSA) is 46.1 Å². The second-order valence-electron chi connectivity index (χ2n) is 8.63. The maximum atomic E-state index is 6.09. The van der Waals surface area contributed by atoms with Gasteiger partial charge in [0.2, 0.25) is 0 Å². The van der Waals surface area contributed by atoms with Gasteiger partial charge in [0.15, 0.2) is 5.96 Å². The Balaban J connectivity index is 0.00000169. The van der Waals surface area contributed by atoms with Crippen molar-refractivity contribution in [1.82, 2.24) is 10.2 Å². The van der Waals surface area contributed by atoms with Gasteiger partial charge in [-0.3, -0.25) is 4.99 Å². The lowest BCUT2D eigenvalue weighted by Crippen LogP contribution is -2.69. The number of guanidine groups is 1. The molecule has 3 aliphatic heterocycles. The summed E-state index contributed by atoms with van der Waals surface area (Å²) >= 11 is 0. The first-order chi connectivity index (χ1) is 10.9. The van der Waals surface area contributed by atoms with Gasteiger partial charge in [-0.15, -0.1) is 24.0 Å². The molecule has 3 saturated heterocycles. The van der Waals surface area contributed by atoms with Gasteiger partial charge in [0.05, 0.1) is 17.8 Å². The Morgan fingerprint density at radius 3 is 2.21 bits per heavy atom. The van der Waals surface area contributed by atoms with E-state index in [0.29, 0.717) is 30.1 Å². The molecular formula is C18H32IN3O2. The van der Waals surface area contributed by atoms with E-state index in [0.717, 1.165) is 25.5 Å². The molecule has 6 atom stereocenters. The molecule has 2 bridgehead atoms. The molecule has 0 aromatic rings. The smallest absolute Gasteiger partial charge is 0.193 e. The summed E-state index contributed by atoms with van der Waals surface area (Å²) in [6.07, 6.45) is 4.56. The first-order valence-electron chi connectivity index (χ1n) is 9.08. The zero-order valence-electron chi connectivity index (χ0n) is 15.5. The second kappa shape index (κ2) is 6.27. The minimum Gasteiger partial charge on any atom is -0.378 e. The first-order valence-corrected chi connectivity index (χ1v) is 9.08. The molecule has 4 aliphatic rings. The average molecular weight is 449 g/mol. The summed E-state index contributed by atoms with van der Waals surface area (Å²) in [6.45, 7) is 8.99. The van der Waals surface area contributed by atoms with Gasteiger partial charge in [0.1, 0.15) is 0 Å². The molecule has 4 fully saturated rings. The van der Waals surface area contributed by atoms with Crippen molar-refractivity contribution >= 4 is 29.9 Å². The van der Waals surface area contributed by atoms with Crippen LogP contribution in [0.1, 0.15) is 40.0 Å². The maximum absolute atomic E-state index is 6.09. The predicted octanol–water partition coefficient (Wildman–Crippen LogP) is 2.49. The largest absolute Gasteiger partial charge is 0.378 e. The lowest BCUT2D eigenvalue weighted by molar-refractivity contribution is -0.177. The van der Waals surface area contributed by atoms with E-state index in [1.165, 1.54) is 12.8 Å². The van der Waals surface area contributed by atoms with E-state index >= 15 is 0 Å².